The normalized spacial score (nSPS) is 16.1. The standard InChI is InChI=1S/C19H17ClN2O2/c20-18-9-13(2-4-16(18)11-21)7-12-1-3-14-5-6-15(19(23)22-24)10-17(14)8-12/h2,4-6,9-10,12,24H,1,3,7-8H2,(H,22,23). The highest BCUT2D eigenvalue weighted by molar-refractivity contribution is 6.31. The number of rotatable bonds is 3. The Labute approximate surface area is 145 Å². The van der Waals surface area contributed by atoms with Gasteiger partial charge in [-0.15, -0.1) is 0 Å². The fourth-order valence-corrected chi connectivity index (χ4v) is 3.57. The zero-order valence-corrected chi connectivity index (χ0v) is 13.8. The Hall–Kier alpha value is -2.35. The third-order valence-electron chi connectivity index (χ3n) is 4.58. The molecule has 0 aliphatic heterocycles. The van der Waals surface area contributed by atoms with Crippen LogP contribution in [0.1, 0.15) is 39.0 Å². The van der Waals surface area contributed by atoms with E-state index in [4.69, 9.17) is 22.1 Å². The molecule has 2 N–H and O–H groups in total. The third-order valence-corrected chi connectivity index (χ3v) is 4.89. The second-order valence-corrected chi connectivity index (χ2v) is 6.57. The van der Waals surface area contributed by atoms with Gasteiger partial charge in [0, 0.05) is 5.56 Å². The van der Waals surface area contributed by atoms with E-state index in [-0.39, 0.29) is 0 Å². The molecule has 0 spiro atoms. The van der Waals surface area contributed by atoms with Crippen molar-refractivity contribution in [3.05, 3.63) is 69.2 Å². The van der Waals surface area contributed by atoms with Crippen LogP contribution in [0.3, 0.4) is 0 Å². The van der Waals surface area contributed by atoms with Gasteiger partial charge in [-0.25, -0.2) is 5.48 Å². The summed E-state index contributed by atoms with van der Waals surface area (Å²) in [6, 6.07) is 13.2. The summed E-state index contributed by atoms with van der Waals surface area (Å²) in [5.74, 6) is -0.0206. The molecule has 0 saturated carbocycles. The molecule has 0 heterocycles. The topological polar surface area (TPSA) is 73.1 Å². The van der Waals surface area contributed by atoms with E-state index in [9.17, 15) is 4.79 Å². The fourth-order valence-electron chi connectivity index (χ4n) is 3.32. The Bertz CT molecular complexity index is 827. The number of halogens is 1. The molecule has 1 aliphatic rings. The van der Waals surface area contributed by atoms with Gasteiger partial charge >= 0.3 is 0 Å². The summed E-state index contributed by atoms with van der Waals surface area (Å²) in [5.41, 5.74) is 6.19. The molecule has 2 aromatic carbocycles. The number of fused-ring (bicyclic) bond motifs is 1. The number of aryl methyl sites for hydroxylation is 1. The summed E-state index contributed by atoms with van der Waals surface area (Å²) < 4.78 is 0. The number of carbonyl (C=O) groups excluding carboxylic acids is 1. The Morgan fingerprint density at radius 1 is 1.29 bits per heavy atom. The second kappa shape index (κ2) is 7.04. The number of hydroxylamine groups is 1. The lowest BCUT2D eigenvalue weighted by Gasteiger charge is -2.25. The molecule has 1 aliphatic carbocycles. The van der Waals surface area contributed by atoms with Crippen LogP contribution in [-0.2, 0) is 19.3 Å². The lowest BCUT2D eigenvalue weighted by Crippen LogP contribution is -2.21. The van der Waals surface area contributed by atoms with E-state index in [1.807, 2.05) is 24.3 Å². The third kappa shape index (κ3) is 3.43. The first kappa shape index (κ1) is 16.5. The van der Waals surface area contributed by atoms with Gasteiger partial charge in [-0.1, -0.05) is 23.7 Å². The first-order valence-corrected chi connectivity index (χ1v) is 8.23. The van der Waals surface area contributed by atoms with E-state index in [2.05, 4.69) is 6.07 Å². The van der Waals surface area contributed by atoms with Crippen LogP contribution in [0.5, 0.6) is 0 Å². The summed E-state index contributed by atoms with van der Waals surface area (Å²) in [6.45, 7) is 0. The molecule has 1 atom stereocenters. The van der Waals surface area contributed by atoms with E-state index in [1.165, 1.54) is 5.56 Å². The van der Waals surface area contributed by atoms with Gasteiger partial charge in [-0.2, -0.15) is 5.26 Å². The lowest BCUT2D eigenvalue weighted by molar-refractivity contribution is 0.0706. The summed E-state index contributed by atoms with van der Waals surface area (Å²) >= 11 is 6.11. The van der Waals surface area contributed by atoms with Crippen molar-refractivity contribution in [3.63, 3.8) is 0 Å². The molecule has 4 nitrogen and oxygen atoms in total. The highest BCUT2D eigenvalue weighted by atomic mass is 35.5. The van der Waals surface area contributed by atoms with Crippen molar-refractivity contribution >= 4 is 17.5 Å². The van der Waals surface area contributed by atoms with Gasteiger partial charge in [0.1, 0.15) is 6.07 Å². The van der Waals surface area contributed by atoms with Gasteiger partial charge in [0.2, 0.25) is 0 Å². The van der Waals surface area contributed by atoms with Crippen LogP contribution >= 0.6 is 11.6 Å². The van der Waals surface area contributed by atoms with Crippen LogP contribution in [0, 0.1) is 17.2 Å². The number of nitrogens with one attached hydrogen (secondary N) is 1. The molecule has 5 heteroatoms. The predicted octanol–water partition coefficient (Wildman–Crippen LogP) is 3.68. The summed E-state index contributed by atoms with van der Waals surface area (Å²) in [5, 5.41) is 18.2. The molecule has 0 aromatic heterocycles. The highest BCUT2D eigenvalue weighted by Crippen LogP contribution is 2.29. The molecule has 1 unspecified atom stereocenters. The van der Waals surface area contributed by atoms with E-state index in [0.717, 1.165) is 36.8 Å². The molecule has 122 valence electrons. The van der Waals surface area contributed by atoms with Crippen molar-refractivity contribution in [1.82, 2.24) is 5.48 Å². The number of amides is 1. The van der Waals surface area contributed by atoms with Crippen LogP contribution in [0.25, 0.3) is 0 Å². The monoisotopic (exact) mass is 340 g/mol. The van der Waals surface area contributed by atoms with E-state index < -0.39 is 5.91 Å². The van der Waals surface area contributed by atoms with Crippen molar-refractivity contribution in [2.45, 2.75) is 25.7 Å². The molecule has 24 heavy (non-hydrogen) atoms. The maximum Gasteiger partial charge on any atom is 0.274 e. The van der Waals surface area contributed by atoms with Gasteiger partial charge in [0.15, 0.2) is 0 Å². The SMILES string of the molecule is N#Cc1ccc(CC2CCc3ccc(C(=O)NO)cc3C2)cc1Cl. The average Bonchev–Trinajstić information content (AvgIpc) is 2.60. The first-order valence-electron chi connectivity index (χ1n) is 7.85. The molecule has 2 aromatic rings. The molecule has 0 radical (unpaired) electrons. The average molecular weight is 341 g/mol. The molecular weight excluding hydrogens is 324 g/mol. The van der Waals surface area contributed by atoms with E-state index in [0.29, 0.717) is 22.1 Å². The molecule has 3 rings (SSSR count). The maximum atomic E-state index is 11.6. The van der Waals surface area contributed by atoms with Crippen molar-refractivity contribution in [2.24, 2.45) is 5.92 Å². The Morgan fingerprint density at radius 2 is 2.12 bits per heavy atom. The highest BCUT2D eigenvalue weighted by Gasteiger charge is 2.20. The lowest BCUT2D eigenvalue weighted by atomic mass is 9.80. The molecular formula is C19H17ClN2O2. The van der Waals surface area contributed by atoms with Crippen LogP contribution in [0.15, 0.2) is 36.4 Å². The number of benzene rings is 2. The molecule has 1 amide bonds. The van der Waals surface area contributed by atoms with Crippen LogP contribution in [-0.4, -0.2) is 11.1 Å². The summed E-state index contributed by atoms with van der Waals surface area (Å²) in [7, 11) is 0. The number of hydrogen-bond donors (Lipinski definition) is 2. The number of carbonyl (C=O) groups is 1. The second-order valence-electron chi connectivity index (χ2n) is 6.16. The van der Waals surface area contributed by atoms with E-state index in [1.54, 1.807) is 17.6 Å². The first-order chi connectivity index (χ1) is 11.6. The van der Waals surface area contributed by atoms with Crippen molar-refractivity contribution in [1.29, 1.82) is 5.26 Å². The van der Waals surface area contributed by atoms with Crippen LogP contribution in [0.2, 0.25) is 5.02 Å². The number of hydrogen-bond acceptors (Lipinski definition) is 3. The van der Waals surface area contributed by atoms with Gasteiger partial charge in [0.25, 0.3) is 5.91 Å². The quantitative estimate of drug-likeness (QED) is 0.661. The van der Waals surface area contributed by atoms with Gasteiger partial charge in [-0.05, 0) is 72.6 Å². The molecule has 0 fully saturated rings. The minimum atomic E-state index is -0.487. The minimum Gasteiger partial charge on any atom is -0.288 e. The Balaban J connectivity index is 1.76. The van der Waals surface area contributed by atoms with Crippen molar-refractivity contribution in [3.8, 4) is 6.07 Å². The summed E-state index contributed by atoms with van der Waals surface area (Å²) in [6.07, 6.45) is 3.84. The van der Waals surface area contributed by atoms with Gasteiger partial charge < -0.3 is 0 Å². The predicted molar refractivity (Wildman–Crippen MR) is 91.1 cm³/mol. The summed E-state index contributed by atoms with van der Waals surface area (Å²) in [4.78, 5) is 11.6. The zero-order valence-electron chi connectivity index (χ0n) is 13.1. The van der Waals surface area contributed by atoms with Gasteiger partial charge in [-0.3, -0.25) is 10.0 Å². The fraction of sp³-hybridized carbons (Fsp3) is 0.263. The van der Waals surface area contributed by atoms with Crippen molar-refractivity contribution in [2.75, 3.05) is 0 Å². The molecule has 0 bridgehead atoms. The van der Waals surface area contributed by atoms with Gasteiger partial charge in [0.05, 0.1) is 10.6 Å². The van der Waals surface area contributed by atoms with Crippen LogP contribution < -0.4 is 5.48 Å². The Kier molecular flexibility index (Phi) is 4.84. The Morgan fingerprint density at radius 3 is 2.83 bits per heavy atom. The zero-order chi connectivity index (χ0) is 17.1. The van der Waals surface area contributed by atoms with Crippen molar-refractivity contribution < 1.29 is 10.0 Å². The smallest absolute Gasteiger partial charge is 0.274 e. The largest absolute Gasteiger partial charge is 0.288 e. The maximum absolute atomic E-state index is 11.6. The minimum absolute atomic E-state index is 0.467. The number of nitriles is 1. The molecule has 0 saturated heterocycles. The van der Waals surface area contributed by atoms with E-state index >= 15 is 0 Å². The van der Waals surface area contributed by atoms with Crippen LogP contribution in [0.4, 0.5) is 0 Å². The number of nitrogens with zero attached hydrogens (tertiary/aromatic N) is 1.